The van der Waals surface area contributed by atoms with Crippen molar-refractivity contribution in [3.63, 3.8) is 0 Å². The van der Waals surface area contributed by atoms with Gasteiger partial charge in [-0.3, -0.25) is 4.79 Å². The molecule has 88 valence electrons. The van der Waals surface area contributed by atoms with Crippen LogP contribution < -0.4 is 0 Å². The number of amides is 1. The maximum Gasteiger partial charge on any atom is 0.292 e. The molecule has 0 radical (unpaired) electrons. The Morgan fingerprint density at radius 1 is 1.56 bits per heavy atom. The average molecular weight is 222 g/mol. The van der Waals surface area contributed by atoms with Gasteiger partial charge in [-0.25, -0.2) is 0 Å². The highest BCUT2D eigenvalue weighted by Gasteiger charge is 2.24. The summed E-state index contributed by atoms with van der Waals surface area (Å²) in [7, 11) is 0. The van der Waals surface area contributed by atoms with Crippen LogP contribution in [0, 0.1) is 5.92 Å². The topological polar surface area (TPSA) is 46.3 Å². The minimum Gasteiger partial charge on any atom is -0.351 e. The molecule has 0 N–H and O–H groups in total. The summed E-state index contributed by atoms with van der Waals surface area (Å²) in [5, 5.41) is 3.56. The second kappa shape index (κ2) is 5.14. The number of hydrogen-bond donors (Lipinski definition) is 0. The van der Waals surface area contributed by atoms with Crippen molar-refractivity contribution in [1.82, 2.24) is 10.1 Å². The van der Waals surface area contributed by atoms with Gasteiger partial charge in [-0.2, -0.15) is 0 Å². The van der Waals surface area contributed by atoms with Crippen molar-refractivity contribution >= 4 is 5.91 Å². The van der Waals surface area contributed by atoms with Crippen molar-refractivity contribution in [2.24, 2.45) is 5.92 Å². The number of aromatic nitrogens is 1. The van der Waals surface area contributed by atoms with Crippen molar-refractivity contribution in [3.8, 4) is 0 Å². The predicted molar refractivity (Wildman–Crippen MR) is 60.0 cm³/mol. The zero-order valence-corrected chi connectivity index (χ0v) is 9.69. The summed E-state index contributed by atoms with van der Waals surface area (Å²) >= 11 is 0. The number of likely N-dealkylation sites (tertiary alicyclic amines) is 1. The Kier molecular flexibility index (Phi) is 3.59. The third-order valence-corrected chi connectivity index (χ3v) is 3.25. The number of piperidine rings is 1. The quantitative estimate of drug-likeness (QED) is 0.788. The van der Waals surface area contributed by atoms with Gasteiger partial charge in [-0.15, -0.1) is 0 Å². The molecule has 1 fully saturated rings. The van der Waals surface area contributed by atoms with E-state index in [1.54, 1.807) is 6.07 Å². The van der Waals surface area contributed by atoms with Crippen LogP contribution in [0.25, 0.3) is 0 Å². The molecule has 1 aromatic heterocycles. The first kappa shape index (κ1) is 11.2. The summed E-state index contributed by atoms with van der Waals surface area (Å²) in [5.74, 6) is 1.13. The molecule has 16 heavy (non-hydrogen) atoms. The zero-order valence-electron chi connectivity index (χ0n) is 9.69. The maximum atomic E-state index is 11.9. The van der Waals surface area contributed by atoms with Crippen molar-refractivity contribution in [2.75, 3.05) is 13.1 Å². The van der Waals surface area contributed by atoms with E-state index in [-0.39, 0.29) is 5.91 Å². The Morgan fingerprint density at radius 3 is 2.88 bits per heavy atom. The Bertz CT molecular complexity index is 327. The molecule has 0 aliphatic carbocycles. The Labute approximate surface area is 95.6 Å². The van der Waals surface area contributed by atoms with Crippen LogP contribution in [-0.4, -0.2) is 29.1 Å². The first-order valence-corrected chi connectivity index (χ1v) is 6.01. The molecular formula is C12H18N2O2. The van der Waals surface area contributed by atoms with E-state index in [0.29, 0.717) is 5.76 Å². The molecule has 0 unspecified atom stereocenters. The molecule has 1 aromatic rings. The highest BCUT2D eigenvalue weighted by Crippen LogP contribution is 2.22. The standard InChI is InChI=1S/C12H18N2O2/c1-2-3-10-5-8-14(9-6-10)12(15)11-4-7-13-16-11/h4,7,10H,2-3,5-6,8-9H2,1H3. The molecule has 0 aromatic carbocycles. The van der Waals surface area contributed by atoms with Gasteiger partial charge in [0, 0.05) is 19.2 Å². The highest BCUT2D eigenvalue weighted by molar-refractivity contribution is 5.91. The first-order chi connectivity index (χ1) is 7.81. The first-order valence-electron chi connectivity index (χ1n) is 6.01. The Balaban J connectivity index is 1.87. The molecule has 1 amide bonds. The number of rotatable bonds is 3. The van der Waals surface area contributed by atoms with Gasteiger partial charge in [-0.1, -0.05) is 24.9 Å². The maximum absolute atomic E-state index is 11.9. The lowest BCUT2D eigenvalue weighted by molar-refractivity contribution is 0.0645. The van der Waals surface area contributed by atoms with Crippen LogP contribution in [0.3, 0.4) is 0 Å². The van der Waals surface area contributed by atoms with Crippen molar-refractivity contribution in [2.45, 2.75) is 32.6 Å². The van der Waals surface area contributed by atoms with Crippen LogP contribution in [0.4, 0.5) is 0 Å². The molecule has 2 rings (SSSR count). The summed E-state index contributed by atoms with van der Waals surface area (Å²) < 4.78 is 4.88. The van der Waals surface area contributed by atoms with Crippen LogP contribution in [0.1, 0.15) is 43.2 Å². The lowest BCUT2D eigenvalue weighted by atomic mass is 9.92. The molecule has 0 atom stereocenters. The van der Waals surface area contributed by atoms with E-state index in [4.69, 9.17) is 4.52 Å². The summed E-state index contributed by atoms with van der Waals surface area (Å²) in [4.78, 5) is 13.8. The largest absolute Gasteiger partial charge is 0.351 e. The molecule has 4 heteroatoms. The van der Waals surface area contributed by atoms with Crippen LogP contribution >= 0.6 is 0 Å². The average Bonchev–Trinajstić information content (AvgIpc) is 2.83. The number of carbonyl (C=O) groups excluding carboxylic acids is 1. The fourth-order valence-electron chi connectivity index (χ4n) is 2.31. The summed E-state index contributed by atoms with van der Waals surface area (Å²) in [6, 6.07) is 1.63. The minimum atomic E-state index is -0.0209. The van der Waals surface area contributed by atoms with Crippen LogP contribution in [0.15, 0.2) is 16.8 Å². The van der Waals surface area contributed by atoms with Gasteiger partial charge in [0.1, 0.15) is 0 Å². The van der Waals surface area contributed by atoms with E-state index in [1.165, 1.54) is 19.0 Å². The van der Waals surface area contributed by atoms with E-state index in [9.17, 15) is 4.79 Å². The van der Waals surface area contributed by atoms with E-state index in [1.807, 2.05) is 4.90 Å². The van der Waals surface area contributed by atoms with Crippen LogP contribution in [0.5, 0.6) is 0 Å². The second-order valence-electron chi connectivity index (χ2n) is 4.40. The molecule has 0 saturated carbocycles. The summed E-state index contributed by atoms with van der Waals surface area (Å²) in [5.41, 5.74) is 0. The molecule has 0 bridgehead atoms. The Hall–Kier alpha value is -1.32. The van der Waals surface area contributed by atoms with Gasteiger partial charge < -0.3 is 9.42 Å². The van der Waals surface area contributed by atoms with Crippen LogP contribution in [0.2, 0.25) is 0 Å². The summed E-state index contributed by atoms with van der Waals surface area (Å²) in [6.45, 7) is 3.92. The van der Waals surface area contributed by atoms with Gasteiger partial charge in [0.2, 0.25) is 5.76 Å². The molecule has 2 heterocycles. The fraction of sp³-hybridized carbons (Fsp3) is 0.667. The Morgan fingerprint density at radius 2 is 2.31 bits per heavy atom. The number of carbonyl (C=O) groups is 1. The molecule has 1 aliphatic heterocycles. The number of nitrogens with zero attached hydrogens (tertiary/aromatic N) is 2. The molecular weight excluding hydrogens is 204 g/mol. The molecule has 4 nitrogen and oxygen atoms in total. The lowest BCUT2D eigenvalue weighted by Gasteiger charge is -2.31. The van der Waals surface area contributed by atoms with Gasteiger partial charge in [0.05, 0.1) is 6.20 Å². The third kappa shape index (κ3) is 2.43. The van der Waals surface area contributed by atoms with Crippen molar-refractivity contribution in [1.29, 1.82) is 0 Å². The third-order valence-electron chi connectivity index (χ3n) is 3.25. The smallest absolute Gasteiger partial charge is 0.292 e. The zero-order chi connectivity index (χ0) is 11.4. The van der Waals surface area contributed by atoms with Gasteiger partial charge >= 0.3 is 0 Å². The van der Waals surface area contributed by atoms with Gasteiger partial charge in [0.15, 0.2) is 0 Å². The van der Waals surface area contributed by atoms with Crippen molar-refractivity contribution in [3.05, 3.63) is 18.0 Å². The van der Waals surface area contributed by atoms with Crippen molar-refractivity contribution < 1.29 is 9.32 Å². The minimum absolute atomic E-state index is 0.0209. The second-order valence-corrected chi connectivity index (χ2v) is 4.40. The van der Waals surface area contributed by atoms with Crippen LogP contribution in [-0.2, 0) is 0 Å². The normalized spacial score (nSPS) is 17.7. The van der Waals surface area contributed by atoms with Gasteiger partial charge in [-0.05, 0) is 18.8 Å². The monoisotopic (exact) mass is 222 g/mol. The lowest BCUT2D eigenvalue weighted by Crippen LogP contribution is -2.38. The predicted octanol–water partition coefficient (Wildman–Crippen LogP) is 2.33. The fourth-order valence-corrected chi connectivity index (χ4v) is 2.31. The van der Waals surface area contributed by atoms with E-state index >= 15 is 0 Å². The highest BCUT2D eigenvalue weighted by atomic mass is 16.5. The van der Waals surface area contributed by atoms with E-state index in [2.05, 4.69) is 12.1 Å². The van der Waals surface area contributed by atoms with Gasteiger partial charge in [0.25, 0.3) is 5.91 Å². The molecule has 1 aliphatic rings. The number of hydrogen-bond acceptors (Lipinski definition) is 3. The molecule has 1 saturated heterocycles. The SMILES string of the molecule is CCCC1CCN(C(=O)c2ccno2)CC1. The molecule has 0 spiro atoms. The van der Waals surface area contributed by atoms with E-state index < -0.39 is 0 Å². The summed E-state index contributed by atoms with van der Waals surface area (Å²) in [6.07, 6.45) is 6.27. The van der Waals surface area contributed by atoms with E-state index in [0.717, 1.165) is 31.8 Å².